The van der Waals surface area contributed by atoms with Crippen molar-refractivity contribution in [2.45, 2.75) is 25.8 Å². The van der Waals surface area contributed by atoms with Gasteiger partial charge in [-0.2, -0.15) is 0 Å². The van der Waals surface area contributed by atoms with Crippen molar-refractivity contribution in [2.75, 3.05) is 19.6 Å². The van der Waals surface area contributed by atoms with Crippen molar-refractivity contribution in [2.24, 2.45) is 0 Å². The molecule has 0 radical (unpaired) electrons. The highest BCUT2D eigenvalue weighted by Gasteiger charge is 2.19. The van der Waals surface area contributed by atoms with Crippen LogP contribution in [-0.2, 0) is 0 Å². The van der Waals surface area contributed by atoms with Crippen LogP contribution in [0.5, 0.6) is 0 Å². The van der Waals surface area contributed by atoms with Gasteiger partial charge in [-0.05, 0) is 51.1 Å². The van der Waals surface area contributed by atoms with E-state index in [4.69, 9.17) is 0 Å². The highest BCUT2D eigenvalue weighted by molar-refractivity contribution is 6.06. The number of likely N-dealkylation sites (tertiary alicyclic amines) is 1. The molecule has 0 bridgehead atoms. The van der Waals surface area contributed by atoms with Crippen molar-refractivity contribution in [3.8, 4) is 0 Å². The minimum Gasteiger partial charge on any atom is -0.361 e. The Morgan fingerprint density at radius 1 is 1.35 bits per heavy atom. The van der Waals surface area contributed by atoms with Gasteiger partial charge in [-0.25, -0.2) is 0 Å². The summed E-state index contributed by atoms with van der Waals surface area (Å²) in [5, 5.41) is 4.05. The van der Waals surface area contributed by atoms with Crippen molar-refractivity contribution in [1.29, 1.82) is 0 Å². The molecule has 106 valence electrons. The number of fused-ring (bicyclic) bond motifs is 1. The van der Waals surface area contributed by atoms with Crippen molar-refractivity contribution < 1.29 is 4.79 Å². The summed E-state index contributed by atoms with van der Waals surface area (Å²) >= 11 is 0. The number of aromatic nitrogens is 1. The average Bonchev–Trinajstić information content (AvgIpc) is 3.13. The number of benzene rings is 1. The molecule has 1 aliphatic rings. The Morgan fingerprint density at radius 2 is 2.15 bits per heavy atom. The fraction of sp³-hybridized carbons (Fsp3) is 0.438. The van der Waals surface area contributed by atoms with Crippen LogP contribution in [0.4, 0.5) is 0 Å². The van der Waals surface area contributed by atoms with Crippen LogP contribution in [0.1, 0.15) is 30.1 Å². The first-order chi connectivity index (χ1) is 9.75. The molecule has 0 saturated carbocycles. The summed E-state index contributed by atoms with van der Waals surface area (Å²) in [7, 11) is 0. The van der Waals surface area contributed by atoms with Crippen LogP contribution in [0, 0.1) is 0 Å². The second-order valence-electron chi connectivity index (χ2n) is 5.55. The number of nitrogens with one attached hydrogen (secondary N) is 2. The number of carbonyl (C=O) groups excluding carboxylic acids is 1. The highest BCUT2D eigenvalue weighted by atomic mass is 16.1. The Labute approximate surface area is 119 Å². The van der Waals surface area contributed by atoms with E-state index >= 15 is 0 Å². The summed E-state index contributed by atoms with van der Waals surface area (Å²) in [5.74, 6) is 0.0150. The Morgan fingerprint density at radius 3 is 2.95 bits per heavy atom. The number of carbonyl (C=O) groups is 1. The van der Waals surface area contributed by atoms with E-state index in [1.54, 1.807) is 0 Å². The maximum Gasteiger partial charge on any atom is 0.252 e. The zero-order valence-electron chi connectivity index (χ0n) is 11.9. The summed E-state index contributed by atoms with van der Waals surface area (Å²) in [6.07, 6.45) is 4.43. The largest absolute Gasteiger partial charge is 0.361 e. The Kier molecular flexibility index (Phi) is 3.74. The maximum atomic E-state index is 12.3. The van der Waals surface area contributed by atoms with Gasteiger partial charge in [0.25, 0.3) is 5.91 Å². The molecule has 1 aromatic heterocycles. The van der Waals surface area contributed by atoms with Crippen LogP contribution >= 0.6 is 0 Å². The van der Waals surface area contributed by atoms with Gasteiger partial charge in [0.2, 0.25) is 0 Å². The summed E-state index contributed by atoms with van der Waals surface area (Å²) in [6, 6.07) is 8.14. The third kappa shape index (κ3) is 2.56. The molecule has 2 heterocycles. The minimum atomic E-state index is 0.0150. The van der Waals surface area contributed by atoms with Crippen molar-refractivity contribution in [3.63, 3.8) is 0 Å². The van der Waals surface area contributed by atoms with E-state index in [0.29, 0.717) is 12.6 Å². The normalized spacial score (nSPS) is 17.4. The molecule has 0 spiro atoms. The smallest absolute Gasteiger partial charge is 0.252 e. The van der Waals surface area contributed by atoms with Crippen LogP contribution in [0.25, 0.3) is 10.9 Å². The molecule has 1 saturated heterocycles. The molecule has 1 aliphatic heterocycles. The van der Waals surface area contributed by atoms with Gasteiger partial charge in [0.05, 0.1) is 0 Å². The summed E-state index contributed by atoms with van der Waals surface area (Å²) in [5.41, 5.74) is 1.75. The van der Waals surface area contributed by atoms with Crippen LogP contribution < -0.4 is 5.32 Å². The van der Waals surface area contributed by atoms with E-state index in [2.05, 4.69) is 22.1 Å². The number of nitrogens with zero attached hydrogens (tertiary/aromatic N) is 1. The Hall–Kier alpha value is -1.81. The van der Waals surface area contributed by atoms with Gasteiger partial charge < -0.3 is 10.3 Å². The van der Waals surface area contributed by atoms with Gasteiger partial charge >= 0.3 is 0 Å². The highest BCUT2D eigenvalue weighted by Crippen LogP contribution is 2.17. The van der Waals surface area contributed by atoms with E-state index < -0.39 is 0 Å². The van der Waals surface area contributed by atoms with E-state index in [1.165, 1.54) is 12.8 Å². The number of hydrogen-bond acceptors (Lipinski definition) is 2. The van der Waals surface area contributed by atoms with Crippen LogP contribution in [0.15, 0.2) is 30.5 Å². The van der Waals surface area contributed by atoms with E-state index in [0.717, 1.165) is 29.6 Å². The molecule has 1 fully saturated rings. The third-order valence-corrected chi connectivity index (χ3v) is 4.16. The number of rotatable bonds is 4. The van der Waals surface area contributed by atoms with Gasteiger partial charge in [0.15, 0.2) is 0 Å². The summed E-state index contributed by atoms with van der Waals surface area (Å²) < 4.78 is 0. The minimum absolute atomic E-state index is 0.0150. The molecule has 2 aromatic rings. The van der Waals surface area contributed by atoms with Crippen LogP contribution in [0.2, 0.25) is 0 Å². The van der Waals surface area contributed by atoms with Gasteiger partial charge in [0.1, 0.15) is 0 Å². The van der Waals surface area contributed by atoms with Crippen molar-refractivity contribution >= 4 is 16.8 Å². The molecular formula is C16H21N3O. The van der Waals surface area contributed by atoms with E-state index in [-0.39, 0.29) is 5.91 Å². The zero-order valence-corrected chi connectivity index (χ0v) is 11.9. The number of amides is 1. The van der Waals surface area contributed by atoms with E-state index in [1.807, 2.05) is 30.5 Å². The first kappa shape index (κ1) is 13.2. The van der Waals surface area contributed by atoms with Gasteiger partial charge in [-0.1, -0.05) is 6.07 Å². The average molecular weight is 271 g/mol. The number of hydrogen-bond donors (Lipinski definition) is 2. The SMILES string of the molecule is CC(CNC(=O)c1cccc2[nH]ccc12)N1CCCC1. The zero-order chi connectivity index (χ0) is 13.9. The molecule has 1 atom stereocenters. The molecule has 3 rings (SSSR count). The monoisotopic (exact) mass is 271 g/mol. The number of aromatic amines is 1. The second kappa shape index (κ2) is 5.67. The van der Waals surface area contributed by atoms with Crippen molar-refractivity contribution in [1.82, 2.24) is 15.2 Å². The summed E-state index contributed by atoms with van der Waals surface area (Å²) in [4.78, 5) is 17.9. The second-order valence-corrected chi connectivity index (χ2v) is 5.55. The van der Waals surface area contributed by atoms with Gasteiger partial charge in [0, 0.05) is 35.2 Å². The lowest BCUT2D eigenvalue weighted by Crippen LogP contribution is -2.40. The molecule has 4 nitrogen and oxygen atoms in total. The molecule has 1 aromatic carbocycles. The molecule has 1 unspecified atom stereocenters. The lowest BCUT2D eigenvalue weighted by molar-refractivity contribution is 0.0942. The lowest BCUT2D eigenvalue weighted by atomic mass is 10.1. The van der Waals surface area contributed by atoms with Crippen LogP contribution in [0.3, 0.4) is 0 Å². The molecule has 1 amide bonds. The molecule has 2 N–H and O–H groups in total. The first-order valence-electron chi connectivity index (χ1n) is 7.34. The van der Waals surface area contributed by atoms with Gasteiger partial charge in [-0.15, -0.1) is 0 Å². The summed E-state index contributed by atoms with van der Waals surface area (Å²) in [6.45, 7) is 5.21. The number of H-pyrrole nitrogens is 1. The Balaban J connectivity index is 1.65. The van der Waals surface area contributed by atoms with Crippen molar-refractivity contribution in [3.05, 3.63) is 36.0 Å². The molecule has 0 aliphatic carbocycles. The maximum absolute atomic E-state index is 12.3. The Bertz CT molecular complexity index is 599. The predicted molar refractivity (Wildman–Crippen MR) is 80.9 cm³/mol. The molecule has 4 heteroatoms. The molecule has 20 heavy (non-hydrogen) atoms. The quantitative estimate of drug-likeness (QED) is 0.897. The standard InChI is InChI=1S/C16H21N3O/c1-12(19-9-2-3-10-19)11-18-16(20)14-5-4-6-15-13(14)7-8-17-15/h4-8,12,17H,2-3,9-11H2,1H3,(H,18,20). The van der Waals surface area contributed by atoms with Gasteiger partial charge in [-0.3, -0.25) is 9.69 Å². The first-order valence-corrected chi connectivity index (χ1v) is 7.34. The fourth-order valence-electron chi connectivity index (χ4n) is 2.93. The fourth-order valence-corrected chi connectivity index (χ4v) is 2.93. The van der Waals surface area contributed by atoms with Crippen LogP contribution in [-0.4, -0.2) is 41.5 Å². The topological polar surface area (TPSA) is 48.1 Å². The predicted octanol–water partition coefficient (Wildman–Crippen LogP) is 2.38. The molecular weight excluding hydrogens is 250 g/mol. The lowest BCUT2D eigenvalue weighted by Gasteiger charge is -2.23. The third-order valence-electron chi connectivity index (χ3n) is 4.16. The van der Waals surface area contributed by atoms with E-state index in [9.17, 15) is 4.79 Å².